The fourth-order valence-electron chi connectivity index (χ4n) is 2.40. The third kappa shape index (κ3) is 4.98. The SMILES string of the molecule is COc1ccc(Nc2ccc(NC(=O)/C=C/c3ccccc3)cc2)cc1. The van der Waals surface area contributed by atoms with E-state index in [1.165, 1.54) is 6.08 Å². The first-order valence-electron chi connectivity index (χ1n) is 8.28. The van der Waals surface area contributed by atoms with Crippen LogP contribution in [-0.2, 0) is 4.79 Å². The molecule has 0 bridgehead atoms. The number of carbonyl (C=O) groups is 1. The van der Waals surface area contributed by atoms with Crippen LogP contribution in [0.3, 0.4) is 0 Å². The lowest BCUT2D eigenvalue weighted by molar-refractivity contribution is -0.111. The van der Waals surface area contributed by atoms with Gasteiger partial charge in [-0.2, -0.15) is 0 Å². The number of methoxy groups -OCH3 is 1. The number of ether oxygens (including phenoxy) is 1. The zero-order valence-electron chi connectivity index (χ0n) is 14.5. The van der Waals surface area contributed by atoms with E-state index in [4.69, 9.17) is 4.74 Å². The Kier molecular flexibility index (Phi) is 5.68. The molecule has 4 nitrogen and oxygen atoms in total. The molecule has 3 aromatic rings. The highest BCUT2D eigenvalue weighted by molar-refractivity contribution is 6.02. The Balaban J connectivity index is 1.56. The first-order valence-corrected chi connectivity index (χ1v) is 8.28. The van der Waals surface area contributed by atoms with E-state index in [0.29, 0.717) is 0 Å². The molecule has 0 spiro atoms. The van der Waals surface area contributed by atoms with E-state index in [1.54, 1.807) is 13.2 Å². The number of rotatable bonds is 6. The Morgan fingerprint density at radius 2 is 1.38 bits per heavy atom. The van der Waals surface area contributed by atoms with Gasteiger partial charge in [0.05, 0.1) is 7.11 Å². The minimum atomic E-state index is -0.162. The summed E-state index contributed by atoms with van der Waals surface area (Å²) in [5.74, 6) is 0.655. The molecule has 3 aromatic carbocycles. The Hall–Kier alpha value is -3.53. The lowest BCUT2D eigenvalue weighted by Crippen LogP contribution is -2.07. The maximum absolute atomic E-state index is 12.0. The summed E-state index contributed by atoms with van der Waals surface area (Å²) in [7, 11) is 1.64. The third-order valence-corrected chi connectivity index (χ3v) is 3.76. The highest BCUT2D eigenvalue weighted by Crippen LogP contribution is 2.21. The molecule has 0 atom stereocenters. The molecule has 3 rings (SSSR count). The zero-order valence-corrected chi connectivity index (χ0v) is 14.5. The Morgan fingerprint density at radius 3 is 2.00 bits per heavy atom. The second-order valence-corrected chi connectivity index (χ2v) is 5.66. The summed E-state index contributed by atoms with van der Waals surface area (Å²) >= 11 is 0. The monoisotopic (exact) mass is 344 g/mol. The summed E-state index contributed by atoms with van der Waals surface area (Å²) < 4.78 is 5.15. The molecule has 0 aromatic heterocycles. The van der Waals surface area contributed by atoms with Gasteiger partial charge in [-0.05, 0) is 60.2 Å². The van der Waals surface area contributed by atoms with Crippen LogP contribution in [0.2, 0.25) is 0 Å². The molecule has 0 unspecified atom stereocenters. The van der Waals surface area contributed by atoms with Crippen LogP contribution in [0.25, 0.3) is 6.08 Å². The van der Waals surface area contributed by atoms with Gasteiger partial charge in [-0.15, -0.1) is 0 Å². The molecule has 0 fully saturated rings. The first kappa shape index (κ1) is 17.3. The topological polar surface area (TPSA) is 50.4 Å². The van der Waals surface area contributed by atoms with Crippen LogP contribution in [0.4, 0.5) is 17.1 Å². The van der Waals surface area contributed by atoms with Gasteiger partial charge in [-0.1, -0.05) is 30.3 Å². The van der Waals surface area contributed by atoms with Crippen molar-refractivity contribution in [2.24, 2.45) is 0 Å². The summed E-state index contributed by atoms with van der Waals surface area (Å²) in [6, 6.07) is 25.0. The number of nitrogens with one attached hydrogen (secondary N) is 2. The number of hydrogen-bond donors (Lipinski definition) is 2. The number of hydrogen-bond acceptors (Lipinski definition) is 3. The minimum absolute atomic E-state index is 0.162. The summed E-state index contributed by atoms with van der Waals surface area (Å²) in [4.78, 5) is 12.0. The van der Waals surface area contributed by atoms with Gasteiger partial charge in [0.2, 0.25) is 5.91 Å². The molecule has 0 heterocycles. The summed E-state index contributed by atoms with van der Waals surface area (Å²) in [6.07, 6.45) is 3.31. The van der Waals surface area contributed by atoms with Crippen molar-refractivity contribution in [1.29, 1.82) is 0 Å². The van der Waals surface area contributed by atoms with E-state index < -0.39 is 0 Å². The van der Waals surface area contributed by atoms with Crippen molar-refractivity contribution in [2.45, 2.75) is 0 Å². The summed E-state index contributed by atoms with van der Waals surface area (Å²) in [5.41, 5.74) is 3.64. The average Bonchev–Trinajstić information content (AvgIpc) is 2.69. The maximum Gasteiger partial charge on any atom is 0.248 e. The van der Waals surface area contributed by atoms with Crippen molar-refractivity contribution >= 4 is 29.0 Å². The van der Waals surface area contributed by atoms with Crippen LogP contribution in [0, 0.1) is 0 Å². The molecule has 2 N–H and O–H groups in total. The zero-order chi connectivity index (χ0) is 18.2. The standard InChI is InChI=1S/C22H20N2O2/c1-26-21-14-12-19(13-15-21)23-18-8-10-20(11-9-18)24-22(25)16-7-17-5-3-2-4-6-17/h2-16,23H,1H3,(H,24,25)/b16-7+. The van der Waals surface area contributed by atoms with Gasteiger partial charge in [0.15, 0.2) is 0 Å². The van der Waals surface area contributed by atoms with E-state index in [2.05, 4.69) is 10.6 Å². The molecule has 0 aliphatic heterocycles. The van der Waals surface area contributed by atoms with Gasteiger partial charge in [0, 0.05) is 23.1 Å². The molecule has 0 radical (unpaired) electrons. The number of amides is 1. The lowest BCUT2D eigenvalue weighted by Gasteiger charge is -2.08. The van der Waals surface area contributed by atoms with Crippen molar-refractivity contribution < 1.29 is 9.53 Å². The van der Waals surface area contributed by atoms with Gasteiger partial charge in [-0.3, -0.25) is 4.79 Å². The van der Waals surface area contributed by atoms with E-state index in [1.807, 2.05) is 78.9 Å². The molecule has 0 saturated heterocycles. The number of benzene rings is 3. The van der Waals surface area contributed by atoms with Gasteiger partial charge in [0.1, 0.15) is 5.75 Å². The maximum atomic E-state index is 12.0. The lowest BCUT2D eigenvalue weighted by atomic mass is 10.2. The van der Waals surface area contributed by atoms with Gasteiger partial charge < -0.3 is 15.4 Å². The Labute approximate surface area is 153 Å². The molecule has 0 aliphatic rings. The van der Waals surface area contributed by atoms with Gasteiger partial charge in [-0.25, -0.2) is 0 Å². The molecule has 1 amide bonds. The van der Waals surface area contributed by atoms with E-state index in [0.717, 1.165) is 28.4 Å². The first-order chi connectivity index (χ1) is 12.7. The third-order valence-electron chi connectivity index (χ3n) is 3.76. The Bertz CT molecular complexity index is 870. The molecule has 26 heavy (non-hydrogen) atoms. The molecular weight excluding hydrogens is 324 g/mol. The minimum Gasteiger partial charge on any atom is -0.497 e. The van der Waals surface area contributed by atoms with Crippen LogP contribution in [0.15, 0.2) is 84.9 Å². The molecule has 4 heteroatoms. The van der Waals surface area contributed by atoms with Gasteiger partial charge >= 0.3 is 0 Å². The second-order valence-electron chi connectivity index (χ2n) is 5.66. The van der Waals surface area contributed by atoms with Crippen molar-refractivity contribution in [1.82, 2.24) is 0 Å². The fraction of sp³-hybridized carbons (Fsp3) is 0.0455. The van der Waals surface area contributed by atoms with Crippen LogP contribution < -0.4 is 15.4 Å². The normalized spacial score (nSPS) is 10.5. The van der Waals surface area contributed by atoms with Crippen molar-refractivity contribution in [3.05, 3.63) is 90.5 Å². The van der Waals surface area contributed by atoms with Crippen LogP contribution in [0.1, 0.15) is 5.56 Å². The Morgan fingerprint density at radius 1 is 0.808 bits per heavy atom. The molecule has 0 aliphatic carbocycles. The van der Waals surface area contributed by atoms with Gasteiger partial charge in [0.25, 0.3) is 0 Å². The van der Waals surface area contributed by atoms with Crippen LogP contribution >= 0.6 is 0 Å². The van der Waals surface area contributed by atoms with Crippen molar-refractivity contribution in [2.75, 3.05) is 17.7 Å². The molecule has 0 saturated carbocycles. The summed E-state index contributed by atoms with van der Waals surface area (Å²) in [5, 5.41) is 6.15. The van der Waals surface area contributed by atoms with Crippen molar-refractivity contribution in [3.8, 4) is 5.75 Å². The van der Waals surface area contributed by atoms with Crippen molar-refractivity contribution in [3.63, 3.8) is 0 Å². The predicted octanol–water partition coefficient (Wildman–Crippen LogP) is 5.09. The number of anilines is 3. The van der Waals surface area contributed by atoms with E-state index >= 15 is 0 Å². The van der Waals surface area contributed by atoms with Crippen LogP contribution in [0.5, 0.6) is 5.75 Å². The second kappa shape index (κ2) is 8.53. The smallest absolute Gasteiger partial charge is 0.248 e. The highest BCUT2D eigenvalue weighted by Gasteiger charge is 2.00. The molecular formula is C22H20N2O2. The number of carbonyl (C=O) groups excluding carboxylic acids is 1. The van der Waals surface area contributed by atoms with Crippen LogP contribution in [-0.4, -0.2) is 13.0 Å². The van der Waals surface area contributed by atoms with E-state index in [-0.39, 0.29) is 5.91 Å². The fourth-order valence-corrected chi connectivity index (χ4v) is 2.40. The highest BCUT2D eigenvalue weighted by atomic mass is 16.5. The molecule has 130 valence electrons. The average molecular weight is 344 g/mol. The summed E-state index contributed by atoms with van der Waals surface area (Å²) in [6.45, 7) is 0. The quantitative estimate of drug-likeness (QED) is 0.612. The predicted molar refractivity (Wildman–Crippen MR) is 107 cm³/mol. The van der Waals surface area contributed by atoms with E-state index in [9.17, 15) is 4.79 Å². The largest absolute Gasteiger partial charge is 0.497 e.